The molecular weight excluding hydrogens is 448 g/mol. The first-order chi connectivity index (χ1) is 17.5. The monoisotopic (exact) mass is 484 g/mol. The van der Waals surface area contributed by atoms with E-state index in [0.29, 0.717) is 43.0 Å². The van der Waals surface area contributed by atoms with Crippen LogP contribution in [0.15, 0.2) is 78.9 Å². The summed E-state index contributed by atoms with van der Waals surface area (Å²) in [7, 11) is 1.85. The van der Waals surface area contributed by atoms with E-state index in [1.165, 1.54) is 0 Å². The van der Waals surface area contributed by atoms with Crippen LogP contribution in [0.5, 0.6) is 5.75 Å². The smallest absolute Gasteiger partial charge is 0.257 e. The Hall–Kier alpha value is -3.60. The van der Waals surface area contributed by atoms with Crippen molar-refractivity contribution in [2.24, 2.45) is 0 Å². The fourth-order valence-corrected chi connectivity index (χ4v) is 4.70. The Kier molecular flexibility index (Phi) is 8.77. The zero-order valence-corrected chi connectivity index (χ0v) is 21.4. The van der Waals surface area contributed by atoms with Crippen LogP contribution in [0.3, 0.4) is 0 Å². The first-order valence-corrected chi connectivity index (χ1v) is 12.9. The van der Waals surface area contributed by atoms with Gasteiger partial charge in [-0.05, 0) is 56.0 Å². The zero-order valence-electron chi connectivity index (χ0n) is 21.4. The van der Waals surface area contributed by atoms with Crippen molar-refractivity contribution in [1.29, 1.82) is 0 Å². The van der Waals surface area contributed by atoms with Gasteiger partial charge in [0.15, 0.2) is 0 Å². The molecule has 5 nitrogen and oxygen atoms in total. The summed E-state index contributed by atoms with van der Waals surface area (Å²) in [6.45, 7) is 3.71. The van der Waals surface area contributed by atoms with Crippen molar-refractivity contribution in [3.63, 3.8) is 0 Å². The standard InChI is InChI=1S/C31H36N2O3/c1-24-16-18-26(19-17-24)30(34)33-21-11-4-3-10-20-32(2)31(35)28-14-8-9-15-29(28)36-23-27(33)22-25-12-6-5-7-13-25/h5-9,12-19,27H,3-4,10-11,20-23H2,1-2H3/t27-/m0/s1. The quantitative estimate of drug-likeness (QED) is 0.474. The maximum atomic E-state index is 13.8. The molecule has 0 unspecified atom stereocenters. The van der Waals surface area contributed by atoms with E-state index in [-0.39, 0.29) is 17.9 Å². The Balaban J connectivity index is 1.68. The van der Waals surface area contributed by atoms with Gasteiger partial charge in [-0.2, -0.15) is 0 Å². The number of aryl methyl sites for hydroxylation is 1. The van der Waals surface area contributed by atoms with Crippen LogP contribution >= 0.6 is 0 Å². The van der Waals surface area contributed by atoms with Gasteiger partial charge in [-0.15, -0.1) is 0 Å². The molecule has 36 heavy (non-hydrogen) atoms. The van der Waals surface area contributed by atoms with Gasteiger partial charge in [0.05, 0.1) is 11.6 Å². The number of amides is 2. The van der Waals surface area contributed by atoms with E-state index in [9.17, 15) is 9.59 Å². The van der Waals surface area contributed by atoms with Crippen LogP contribution in [-0.2, 0) is 6.42 Å². The lowest BCUT2D eigenvalue weighted by atomic mass is 10.0. The molecule has 0 spiro atoms. The third-order valence-electron chi connectivity index (χ3n) is 6.85. The highest BCUT2D eigenvalue weighted by Gasteiger charge is 2.27. The van der Waals surface area contributed by atoms with Gasteiger partial charge in [0.25, 0.3) is 11.8 Å². The molecule has 0 aliphatic carbocycles. The SMILES string of the molecule is Cc1ccc(C(=O)N2CCCCCCN(C)C(=O)c3ccccc3OC[C@@H]2Cc2ccccc2)cc1. The summed E-state index contributed by atoms with van der Waals surface area (Å²) in [5.41, 5.74) is 3.53. The number of benzene rings is 3. The number of hydrogen-bond donors (Lipinski definition) is 0. The molecule has 1 aliphatic heterocycles. The van der Waals surface area contributed by atoms with Crippen LogP contribution < -0.4 is 4.74 Å². The Morgan fingerprint density at radius 2 is 1.53 bits per heavy atom. The number of ether oxygens (including phenoxy) is 1. The zero-order chi connectivity index (χ0) is 25.3. The average Bonchev–Trinajstić information content (AvgIpc) is 2.90. The van der Waals surface area contributed by atoms with Crippen molar-refractivity contribution >= 4 is 11.8 Å². The molecule has 3 aromatic carbocycles. The maximum Gasteiger partial charge on any atom is 0.257 e. The molecule has 2 amide bonds. The van der Waals surface area contributed by atoms with Gasteiger partial charge >= 0.3 is 0 Å². The number of hydrogen-bond acceptors (Lipinski definition) is 3. The van der Waals surface area contributed by atoms with Crippen molar-refractivity contribution in [2.75, 3.05) is 26.7 Å². The van der Waals surface area contributed by atoms with Crippen molar-refractivity contribution in [1.82, 2.24) is 9.80 Å². The minimum absolute atomic E-state index is 0.0238. The van der Waals surface area contributed by atoms with Crippen molar-refractivity contribution in [3.05, 3.63) is 101 Å². The molecule has 0 saturated carbocycles. The van der Waals surface area contributed by atoms with Crippen LogP contribution in [0.4, 0.5) is 0 Å². The van der Waals surface area contributed by atoms with Gasteiger partial charge in [-0.1, -0.05) is 73.0 Å². The van der Waals surface area contributed by atoms with Crippen molar-refractivity contribution < 1.29 is 14.3 Å². The van der Waals surface area contributed by atoms with Gasteiger partial charge in [-0.3, -0.25) is 9.59 Å². The fraction of sp³-hybridized carbons (Fsp3) is 0.355. The lowest BCUT2D eigenvalue weighted by Crippen LogP contribution is -2.45. The molecule has 0 fully saturated rings. The molecule has 0 aromatic heterocycles. The molecule has 0 saturated heterocycles. The molecule has 5 heteroatoms. The minimum Gasteiger partial charge on any atom is -0.491 e. The number of rotatable bonds is 3. The van der Waals surface area contributed by atoms with E-state index in [1.54, 1.807) is 4.90 Å². The van der Waals surface area contributed by atoms with E-state index in [0.717, 1.165) is 36.8 Å². The first kappa shape index (κ1) is 25.5. The number of para-hydroxylation sites is 1. The van der Waals surface area contributed by atoms with Gasteiger partial charge in [0.2, 0.25) is 0 Å². The van der Waals surface area contributed by atoms with E-state index in [1.807, 2.05) is 85.6 Å². The van der Waals surface area contributed by atoms with E-state index in [4.69, 9.17) is 4.74 Å². The van der Waals surface area contributed by atoms with Gasteiger partial charge < -0.3 is 14.5 Å². The lowest BCUT2D eigenvalue weighted by Gasteiger charge is -2.33. The van der Waals surface area contributed by atoms with E-state index < -0.39 is 0 Å². The van der Waals surface area contributed by atoms with E-state index in [2.05, 4.69) is 12.1 Å². The summed E-state index contributed by atoms with van der Waals surface area (Å²) in [5.74, 6) is 0.554. The molecule has 0 bridgehead atoms. The summed E-state index contributed by atoms with van der Waals surface area (Å²) in [5, 5.41) is 0. The number of carbonyl (C=O) groups is 2. The minimum atomic E-state index is -0.176. The highest BCUT2D eigenvalue weighted by Crippen LogP contribution is 2.23. The first-order valence-electron chi connectivity index (χ1n) is 12.9. The largest absolute Gasteiger partial charge is 0.491 e. The molecule has 1 atom stereocenters. The second-order valence-corrected chi connectivity index (χ2v) is 9.66. The van der Waals surface area contributed by atoms with Crippen LogP contribution in [0.25, 0.3) is 0 Å². The highest BCUT2D eigenvalue weighted by atomic mass is 16.5. The van der Waals surface area contributed by atoms with Crippen LogP contribution in [-0.4, -0.2) is 54.4 Å². The third-order valence-corrected chi connectivity index (χ3v) is 6.85. The van der Waals surface area contributed by atoms with Gasteiger partial charge in [0.1, 0.15) is 12.4 Å². The maximum absolute atomic E-state index is 13.8. The number of carbonyl (C=O) groups excluding carboxylic acids is 2. The highest BCUT2D eigenvalue weighted by molar-refractivity contribution is 5.97. The molecular formula is C31H36N2O3. The fourth-order valence-electron chi connectivity index (χ4n) is 4.70. The third kappa shape index (κ3) is 6.54. The van der Waals surface area contributed by atoms with Crippen molar-refractivity contribution in [3.8, 4) is 5.75 Å². The summed E-state index contributed by atoms with van der Waals surface area (Å²) >= 11 is 0. The second-order valence-electron chi connectivity index (χ2n) is 9.66. The predicted molar refractivity (Wildman–Crippen MR) is 144 cm³/mol. The summed E-state index contributed by atoms with van der Waals surface area (Å²) in [6.07, 6.45) is 4.55. The number of nitrogens with zero attached hydrogens (tertiary/aromatic N) is 2. The molecule has 1 aliphatic rings. The average molecular weight is 485 g/mol. The number of fused-ring (bicyclic) bond motifs is 1. The van der Waals surface area contributed by atoms with Gasteiger partial charge in [0, 0.05) is 25.7 Å². The molecule has 4 rings (SSSR count). The predicted octanol–water partition coefficient (Wildman–Crippen LogP) is 5.77. The van der Waals surface area contributed by atoms with E-state index >= 15 is 0 Å². The molecule has 0 radical (unpaired) electrons. The summed E-state index contributed by atoms with van der Waals surface area (Å²) in [6, 6.07) is 25.3. The molecule has 0 N–H and O–H groups in total. The van der Waals surface area contributed by atoms with Crippen molar-refractivity contribution in [2.45, 2.75) is 45.1 Å². The van der Waals surface area contributed by atoms with Crippen LogP contribution in [0, 0.1) is 6.92 Å². The Morgan fingerprint density at radius 3 is 2.28 bits per heavy atom. The normalized spacial score (nSPS) is 17.6. The van der Waals surface area contributed by atoms with Crippen LogP contribution in [0.1, 0.15) is 57.5 Å². The Labute approximate surface area is 214 Å². The Bertz CT molecular complexity index is 1140. The Morgan fingerprint density at radius 1 is 0.861 bits per heavy atom. The van der Waals surface area contributed by atoms with Gasteiger partial charge in [-0.25, -0.2) is 0 Å². The topological polar surface area (TPSA) is 49.9 Å². The molecule has 1 heterocycles. The summed E-state index contributed by atoms with van der Waals surface area (Å²) < 4.78 is 6.33. The van der Waals surface area contributed by atoms with Crippen LogP contribution in [0.2, 0.25) is 0 Å². The lowest BCUT2D eigenvalue weighted by molar-refractivity contribution is 0.0599. The molecule has 188 valence electrons. The second kappa shape index (κ2) is 12.4. The molecule has 3 aromatic rings. The summed E-state index contributed by atoms with van der Waals surface area (Å²) in [4.78, 5) is 30.7.